The molecule has 0 aliphatic carbocycles. The van der Waals surface area contributed by atoms with Crippen LogP contribution in [0, 0.1) is 21.8 Å². The van der Waals surface area contributed by atoms with Gasteiger partial charge in [-0.2, -0.15) is 9.11 Å². The van der Waals surface area contributed by atoms with Crippen LogP contribution < -0.4 is 4.72 Å². The molecule has 2 N–H and O–H groups in total. The van der Waals surface area contributed by atoms with E-state index in [-0.39, 0.29) is 0 Å². The molecular weight excluding hydrogens is 307 g/mol. The lowest BCUT2D eigenvalue weighted by Gasteiger charge is -2.17. The van der Waals surface area contributed by atoms with Gasteiger partial charge in [-0.25, -0.2) is 8.42 Å². The average Bonchev–Trinajstić information content (AvgIpc) is 2.34. The molecule has 10 heteroatoms. The molecule has 0 aromatic heterocycles. The third-order valence-corrected chi connectivity index (χ3v) is 4.08. The number of rotatable bonds is 6. The van der Waals surface area contributed by atoms with Gasteiger partial charge in [0.15, 0.2) is 0 Å². The Bertz CT molecular complexity index is 673. The number of sulfonamides is 1. The highest BCUT2D eigenvalue weighted by molar-refractivity contribution is 7.89. The van der Waals surface area contributed by atoms with Crippen molar-refractivity contribution < 1.29 is 27.6 Å². The zero-order valence-corrected chi connectivity index (χ0v) is 11.9. The maximum Gasteiger partial charge on any atom is 0.322 e. The molecule has 0 bridgehead atoms. The Morgan fingerprint density at radius 2 is 2.00 bits per heavy atom. The topological polar surface area (TPSA) is 127 Å². The number of nitro benzene ring substituents is 1. The molecule has 21 heavy (non-hydrogen) atoms. The van der Waals surface area contributed by atoms with Gasteiger partial charge >= 0.3 is 11.7 Å². The minimum atomic E-state index is -4.31. The Hall–Kier alpha value is -2.07. The molecule has 1 unspecified atom stereocenters. The standard InChI is InChI=1S/C11H13FN2O6S/c1-6(2)10(11(15)16)13-21(19,20)7-3-4-9(14(17)18)8(12)5-7/h3-6,10,13H,1-2H3,(H,15,16). The van der Waals surface area contributed by atoms with E-state index in [9.17, 15) is 27.7 Å². The molecule has 1 rings (SSSR count). The van der Waals surface area contributed by atoms with E-state index in [2.05, 4.69) is 0 Å². The van der Waals surface area contributed by atoms with Crippen LogP contribution in [0.1, 0.15) is 13.8 Å². The number of carboxylic acid groups (broad SMARTS) is 1. The fourth-order valence-electron chi connectivity index (χ4n) is 1.51. The molecule has 0 saturated carbocycles. The van der Waals surface area contributed by atoms with Gasteiger partial charge in [-0.15, -0.1) is 0 Å². The summed E-state index contributed by atoms with van der Waals surface area (Å²) in [5, 5.41) is 19.4. The van der Waals surface area contributed by atoms with Crippen LogP contribution >= 0.6 is 0 Å². The molecule has 0 aliphatic rings. The molecule has 116 valence electrons. The molecule has 1 atom stereocenters. The van der Waals surface area contributed by atoms with Crippen molar-refractivity contribution in [2.75, 3.05) is 0 Å². The van der Waals surface area contributed by atoms with Gasteiger partial charge in [0, 0.05) is 12.1 Å². The fourth-order valence-corrected chi connectivity index (χ4v) is 2.86. The van der Waals surface area contributed by atoms with Crippen molar-refractivity contribution in [3.8, 4) is 0 Å². The lowest BCUT2D eigenvalue weighted by atomic mass is 10.1. The first-order valence-electron chi connectivity index (χ1n) is 5.75. The molecule has 0 spiro atoms. The van der Waals surface area contributed by atoms with Gasteiger partial charge in [0.05, 0.1) is 9.82 Å². The predicted molar refractivity (Wildman–Crippen MR) is 69.6 cm³/mol. The number of carbonyl (C=O) groups is 1. The third-order valence-electron chi connectivity index (χ3n) is 2.64. The molecule has 0 fully saturated rings. The van der Waals surface area contributed by atoms with Crippen LogP contribution in [0.3, 0.4) is 0 Å². The van der Waals surface area contributed by atoms with Gasteiger partial charge in [-0.1, -0.05) is 13.8 Å². The summed E-state index contributed by atoms with van der Waals surface area (Å²) in [6.07, 6.45) is 0. The summed E-state index contributed by atoms with van der Waals surface area (Å²) < 4.78 is 39.3. The predicted octanol–water partition coefficient (Wildman–Crippen LogP) is 1.12. The SMILES string of the molecule is CC(C)C(NS(=O)(=O)c1ccc([N+](=O)[O-])c(F)c1)C(=O)O. The lowest BCUT2D eigenvalue weighted by molar-refractivity contribution is -0.387. The van der Waals surface area contributed by atoms with Gasteiger partial charge in [-0.05, 0) is 12.0 Å². The smallest absolute Gasteiger partial charge is 0.322 e. The Labute approximate surface area is 119 Å². The molecule has 0 radical (unpaired) electrons. The van der Waals surface area contributed by atoms with Crippen molar-refractivity contribution in [2.24, 2.45) is 5.92 Å². The highest BCUT2D eigenvalue weighted by Crippen LogP contribution is 2.21. The molecule has 1 aromatic carbocycles. The zero-order valence-electron chi connectivity index (χ0n) is 11.1. The van der Waals surface area contributed by atoms with Gasteiger partial charge in [0.2, 0.25) is 15.8 Å². The monoisotopic (exact) mass is 320 g/mol. The maximum absolute atomic E-state index is 13.4. The fraction of sp³-hybridized carbons (Fsp3) is 0.364. The summed E-state index contributed by atoms with van der Waals surface area (Å²) in [4.78, 5) is 19.9. The molecule has 0 amide bonds. The van der Waals surface area contributed by atoms with E-state index in [1.165, 1.54) is 13.8 Å². The number of halogens is 1. The molecule has 0 saturated heterocycles. The third kappa shape index (κ3) is 3.95. The summed E-state index contributed by atoms with van der Waals surface area (Å²) in [6.45, 7) is 3.00. The summed E-state index contributed by atoms with van der Waals surface area (Å²) in [5.41, 5.74) is -0.868. The number of benzene rings is 1. The van der Waals surface area contributed by atoms with Crippen molar-refractivity contribution in [1.82, 2.24) is 4.72 Å². The quantitative estimate of drug-likeness (QED) is 0.597. The number of aliphatic carboxylic acids is 1. The minimum absolute atomic E-state index is 0.472. The number of nitrogens with one attached hydrogen (secondary N) is 1. The zero-order chi connectivity index (χ0) is 16.4. The first-order chi connectivity index (χ1) is 9.56. The van der Waals surface area contributed by atoms with Crippen LogP contribution in [0.15, 0.2) is 23.1 Å². The highest BCUT2D eigenvalue weighted by Gasteiger charge is 2.29. The Balaban J connectivity index is 3.17. The minimum Gasteiger partial charge on any atom is -0.480 e. The van der Waals surface area contributed by atoms with E-state index in [1.54, 1.807) is 0 Å². The van der Waals surface area contributed by atoms with Crippen LogP contribution in [-0.2, 0) is 14.8 Å². The first kappa shape index (κ1) is 17.0. The van der Waals surface area contributed by atoms with Crippen LogP contribution in [0.25, 0.3) is 0 Å². The molecule has 1 aromatic rings. The maximum atomic E-state index is 13.4. The van der Waals surface area contributed by atoms with Gasteiger partial charge in [0.1, 0.15) is 6.04 Å². The van der Waals surface area contributed by atoms with Crippen molar-refractivity contribution >= 4 is 21.7 Å². The Kier molecular flexibility index (Phi) is 4.97. The van der Waals surface area contributed by atoms with Crippen molar-refractivity contribution in [2.45, 2.75) is 24.8 Å². The van der Waals surface area contributed by atoms with E-state index in [4.69, 9.17) is 5.11 Å². The van der Waals surface area contributed by atoms with Gasteiger partial charge < -0.3 is 5.11 Å². The molecule has 0 aliphatic heterocycles. The number of hydrogen-bond donors (Lipinski definition) is 2. The summed E-state index contributed by atoms with van der Waals surface area (Å²) in [6, 6.07) is 0.616. The highest BCUT2D eigenvalue weighted by atomic mass is 32.2. The Morgan fingerprint density at radius 1 is 1.43 bits per heavy atom. The van der Waals surface area contributed by atoms with Crippen molar-refractivity contribution in [3.05, 3.63) is 34.1 Å². The van der Waals surface area contributed by atoms with Crippen molar-refractivity contribution in [3.63, 3.8) is 0 Å². The number of nitro groups is 1. The Morgan fingerprint density at radius 3 is 2.38 bits per heavy atom. The van der Waals surface area contributed by atoms with Gasteiger partial charge in [-0.3, -0.25) is 14.9 Å². The second-order valence-electron chi connectivity index (χ2n) is 4.55. The normalized spacial score (nSPS) is 13.1. The molecule has 0 heterocycles. The van der Waals surface area contributed by atoms with Crippen LogP contribution in [0.2, 0.25) is 0 Å². The van der Waals surface area contributed by atoms with Crippen LogP contribution in [0.5, 0.6) is 0 Å². The second kappa shape index (κ2) is 6.14. The van der Waals surface area contributed by atoms with Crippen molar-refractivity contribution in [1.29, 1.82) is 0 Å². The van der Waals surface area contributed by atoms with E-state index in [0.717, 1.165) is 6.07 Å². The van der Waals surface area contributed by atoms with E-state index < -0.39 is 49.3 Å². The summed E-state index contributed by atoms with van der Waals surface area (Å²) in [7, 11) is -4.31. The lowest BCUT2D eigenvalue weighted by Crippen LogP contribution is -2.44. The van der Waals surface area contributed by atoms with E-state index in [0.29, 0.717) is 12.1 Å². The molecular formula is C11H13FN2O6S. The average molecular weight is 320 g/mol. The molecule has 8 nitrogen and oxygen atoms in total. The van der Waals surface area contributed by atoms with E-state index >= 15 is 0 Å². The van der Waals surface area contributed by atoms with Crippen LogP contribution in [-0.4, -0.2) is 30.5 Å². The number of hydrogen-bond acceptors (Lipinski definition) is 5. The van der Waals surface area contributed by atoms with Crippen LogP contribution in [0.4, 0.5) is 10.1 Å². The first-order valence-corrected chi connectivity index (χ1v) is 7.23. The summed E-state index contributed by atoms with van der Waals surface area (Å²) in [5.74, 6) is -3.24. The van der Waals surface area contributed by atoms with Gasteiger partial charge in [0.25, 0.3) is 0 Å². The summed E-state index contributed by atoms with van der Waals surface area (Å²) >= 11 is 0. The van der Waals surface area contributed by atoms with E-state index in [1.807, 2.05) is 4.72 Å². The number of nitrogens with zero attached hydrogens (tertiary/aromatic N) is 1. The largest absolute Gasteiger partial charge is 0.480 e. The second-order valence-corrected chi connectivity index (χ2v) is 6.27. The number of carboxylic acids is 1.